The lowest BCUT2D eigenvalue weighted by Crippen LogP contribution is -2.26. The van der Waals surface area contributed by atoms with Crippen LogP contribution in [0.5, 0.6) is 11.5 Å². The Morgan fingerprint density at radius 3 is 2.92 bits per heavy atom. The summed E-state index contributed by atoms with van der Waals surface area (Å²) in [6.45, 7) is 0.822. The first kappa shape index (κ1) is 16.1. The number of aromatic nitrogens is 2. The Morgan fingerprint density at radius 1 is 1.33 bits per heavy atom. The summed E-state index contributed by atoms with van der Waals surface area (Å²) in [5.74, 6) is 1.35. The van der Waals surface area contributed by atoms with E-state index in [0.717, 1.165) is 22.2 Å². The van der Waals surface area contributed by atoms with E-state index in [1.54, 1.807) is 30.7 Å². The minimum Gasteiger partial charge on any atom is -0.497 e. The predicted molar refractivity (Wildman–Crippen MR) is 93.6 cm³/mol. The summed E-state index contributed by atoms with van der Waals surface area (Å²) in [6, 6.07) is 7.30. The third kappa shape index (κ3) is 3.94. The summed E-state index contributed by atoms with van der Waals surface area (Å²) >= 11 is 1.55. The molecule has 6 nitrogen and oxygen atoms in total. The first-order valence-corrected chi connectivity index (χ1v) is 8.27. The number of nitrogens with one attached hydrogen (secondary N) is 1. The number of imidazole rings is 1. The molecule has 0 spiro atoms. The first-order chi connectivity index (χ1) is 11.8. The van der Waals surface area contributed by atoms with Gasteiger partial charge in [-0.15, -0.1) is 11.3 Å². The van der Waals surface area contributed by atoms with Crippen molar-refractivity contribution in [2.45, 2.75) is 0 Å². The van der Waals surface area contributed by atoms with Crippen LogP contribution < -0.4 is 14.8 Å². The molecule has 1 aromatic carbocycles. The fourth-order valence-electron chi connectivity index (χ4n) is 2.10. The molecule has 7 heteroatoms. The third-order valence-electron chi connectivity index (χ3n) is 3.31. The second-order valence-electron chi connectivity index (χ2n) is 4.89. The van der Waals surface area contributed by atoms with Gasteiger partial charge in [0.05, 0.1) is 25.5 Å². The van der Waals surface area contributed by atoms with Crippen LogP contribution in [0, 0.1) is 0 Å². The van der Waals surface area contributed by atoms with Crippen molar-refractivity contribution in [3.8, 4) is 11.5 Å². The highest BCUT2D eigenvalue weighted by atomic mass is 32.1. The van der Waals surface area contributed by atoms with Crippen molar-refractivity contribution in [1.82, 2.24) is 14.7 Å². The molecule has 0 saturated heterocycles. The number of benzene rings is 1. The van der Waals surface area contributed by atoms with E-state index < -0.39 is 0 Å². The number of hydrogen-bond donors (Lipinski definition) is 1. The Balaban J connectivity index is 1.42. The Hall–Kier alpha value is -2.80. The van der Waals surface area contributed by atoms with E-state index in [1.165, 1.54) is 6.08 Å². The maximum absolute atomic E-state index is 11.8. The fraction of sp³-hybridized carbons (Fsp3) is 0.176. The molecule has 1 amide bonds. The molecule has 3 rings (SSSR count). The molecule has 0 aliphatic heterocycles. The van der Waals surface area contributed by atoms with Crippen molar-refractivity contribution in [3.05, 3.63) is 53.8 Å². The van der Waals surface area contributed by atoms with Gasteiger partial charge in [-0.3, -0.25) is 9.20 Å². The fourth-order valence-corrected chi connectivity index (χ4v) is 2.80. The molecular weight excluding hydrogens is 326 g/mol. The zero-order valence-electron chi connectivity index (χ0n) is 13.1. The van der Waals surface area contributed by atoms with Gasteiger partial charge < -0.3 is 14.8 Å². The van der Waals surface area contributed by atoms with Crippen LogP contribution in [0.3, 0.4) is 0 Å². The summed E-state index contributed by atoms with van der Waals surface area (Å²) in [7, 11) is 1.62. The molecule has 2 aromatic heterocycles. The van der Waals surface area contributed by atoms with E-state index in [4.69, 9.17) is 9.47 Å². The van der Waals surface area contributed by atoms with Crippen molar-refractivity contribution >= 4 is 28.3 Å². The van der Waals surface area contributed by atoms with Crippen molar-refractivity contribution in [1.29, 1.82) is 0 Å². The highest BCUT2D eigenvalue weighted by Gasteiger charge is 2.02. The van der Waals surface area contributed by atoms with Crippen LogP contribution >= 0.6 is 11.3 Å². The summed E-state index contributed by atoms with van der Waals surface area (Å²) in [5, 5.41) is 4.73. The van der Waals surface area contributed by atoms with Gasteiger partial charge in [0, 0.05) is 17.7 Å². The lowest BCUT2D eigenvalue weighted by molar-refractivity contribution is -0.116. The van der Waals surface area contributed by atoms with E-state index in [9.17, 15) is 4.79 Å². The molecule has 3 aromatic rings. The number of rotatable bonds is 7. The molecule has 0 atom stereocenters. The van der Waals surface area contributed by atoms with Crippen LogP contribution in [0.1, 0.15) is 5.69 Å². The number of fused-ring (bicyclic) bond motifs is 1. The van der Waals surface area contributed by atoms with E-state index in [-0.39, 0.29) is 5.91 Å². The van der Waals surface area contributed by atoms with E-state index in [2.05, 4.69) is 10.3 Å². The number of carbonyl (C=O) groups excluding carboxylic acids is 1. The van der Waals surface area contributed by atoms with Crippen LogP contribution in [-0.4, -0.2) is 35.6 Å². The Labute approximate surface area is 143 Å². The van der Waals surface area contributed by atoms with Crippen LogP contribution in [0.15, 0.2) is 48.1 Å². The van der Waals surface area contributed by atoms with Gasteiger partial charge in [-0.2, -0.15) is 0 Å². The summed E-state index contributed by atoms with van der Waals surface area (Å²) in [4.78, 5) is 17.0. The standard InChI is InChI=1S/C17H17N3O3S/c1-22-14-3-5-15(6-4-14)23-10-8-18-16(21)7-2-13-12-19-17-20(13)9-11-24-17/h2-7,9,11-12H,8,10H2,1H3,(H,18,21)/b7-2+. The van der Waals surface area contributed by atoms with Gasteiger partial charge >= 0.3 is 0 Å². The number of carbonyl (C=O) groups is 1. The number of hydrogen-bond acceptors (Lipinski definition) is 5. The van der Waals surface area contributed by atoms with Gasteiger partial charge in [0.25, 0.3) is 0 Å². The Kier molecular flexibility index (Phi) is 5.12. The summed E-state index contributed by atoms with van der Waals surface area (Å²) in [5.41, 5.74) is 0.871. The molecule has 24 heavy (non-hydrogen) atoms. The number of methoxy groups -OCH3 is 1. The van der Waals surface area contributed by atoms with Crippen LogP contribution in [0.25, 0.3) is 11.0 Å². The van der Waals surface area contributed by atoms with Crippen LogP contribution in [-0.2, 0) is 4.79 Å². The van der Waals surface area contributed by atoms with E-state index in [0.29, 0.717) is 13.2 Å². The second-order valence-corrected chi connectivity index (χ2v) is 5.76. The van der Waals surface area contributed by atoms with Gasteiger partial charge in [-0.1, -0.05) is 0 Å². The summed E-state index contributed by atoms with van der Waals surface area (Å²) in [6.07, 6.45) is 6.90. The molecule has 0 fully saturated rings. The van der Waals surface area contributed by atoms with Crippen molar-refractivity contribution in [3.63, 3.8) is 0 Å². The van der Waals surface area contributed by atoms with Gasteiger partial charge in [-0.25, -0.2) is 4.98 Å². The maximum Gasteiger partial charge on any atom is 0.244 e. The largest absolute Gasteiger partial charge is 0.497 e. The highest BCUT2D eigenvalue weighted by Crippen LogP contribution is 2.16. The van der Waals surface area contributed by atoms with Gasteiger partial charge in [0.2, 0.25) is 5.91 Å². The molecular formula is C17H17N3O3S. The molecule has 0 aliphatic rings. The number of amides is 1. The van der Waals surface area contributed by atoms with E-state index in [1.807, 2.05) is 40.2 Å². The zero-order chi connectivity index (χ0) is 16.8. The lowest BCUT2D eigenvalue weighted by Gasteiger charge is -2.07. The SMILES string of the molecule is COc1ccc(OCCNC(=O)/C=C/c2cnc3sccn23)cc1. The second kappa shape index (κ2) is 7.65. The Bertz CT molecular complexity index is 836. The smallest absolute Gasteiger partial charge is 0.244 e. The van der Waals surface area contributed by atoms with Crippen molar-refractivity contribution < 1.29 is 14.3 Å². The molecule has 124 valence electrons. The van der Waals surface area contributed by atoms with Crippen LogP contribution in [0.4, 0.5) is 0 Å². The van der Waals surface area contributed by atoms with Crippen molar-refractivity contribution in [2.75, 3.05) is 20.3 Å². The zero-order valence-corrected chi connectivity index (χ0v) is 14.0. The number of nitrogens with zero attached hydrogens (tertiary/aromatic N) is 2. The predicted octanol–water partition coefficient (Wildman–Crippen LogP) is 2.61. The van der Waals surface area contributed by atoms with Crippen LogP contribution in [0.2, 0.25) is 0 Å². The number of ether oxygens (including phenoxy) is 2. The summed E-state index contributed by atoms with van der Waals surface area (Å²) < 4.78 is 12.6. The highest BCUT2D eigenvalue weighted by molar-refractivity contribution is 7.15. The topological polar surface area (TPSA) is 64.9 Å². The van der Waals surface area contributed by atoms with E-state index >= 15 is 0 Å². The number of thiazole rings is 1. The maximum atomic E-state index is 11.8. The molecule has 0 saturated carbocycles. The first-order valence-electron chi connectivity index (χ1n) is 7.39. The third-order valence-corrected chi connectivity index (χ3v) is 4.08. The van der Waals surface area contributed by atoms with Gasteiger partial charge in [0.15, 0.2) is 4.96 Å². The average Bonchev–Trinajstić information content (AvgIpc) is 3.21. The lowest BCUT2D eigenvalue weighted by atomic mass is 10.3. The normalized spacial score (nSPS) is 11.0. The quantitative estimate of drug-likeness (QED) is 0.529. The molecule has 1 N–H and O–H groups in total. The Morgan fingerprint density at radius 2 is 2.12 bits per heavy atom. The molecule has 0 unspecified atom stereocenters. The van der Waals surface area contributed by atoms with Gasteiger partial charge in [0.1, 0.15) is 18.1 Å². The molecule has 0 aliphatic carbocycles. The van der Waals surface area contributed by atoms with Crippen molar-refractivity contribution in [2.24, 2.45) is 0 Å². The van der Waals surface area contributed by atoms with Gasteiger partial charge in [-0.05, 0) is 30.3 Å². The average molecular weight is 343 g/mol. The molecule has 2 heterocycles. The minimum absolute atomic E-state index is 0.168. The molecule has 0 radical (unpaired) electrons. The molecule has 0 bridgehead atoms. The monoisotopic (exact) mass is 343 g/mol. The minimum atomic E-state index is -0.168.